The summed E-state index contributed by atoms with van der Waals surface area (Å²) in [5.41, 5.74) is 7.47. The molecule has 4 aromatic carbocycles. The topological polar surface area (TPSA) is 89.3 Å². The number of benzene rings is 4. The Morgan fingerprint density at radius 1 is 0.980 bits per heavy atom. The Bertz CT molecular complexity index is 2720. The number of ether oxygens (including phenoxy) is 2. The van der Waals surface area contributed by atoms with Gasteiger partial charge >= 0.3 is 0 Å². The number of nitrogens with one attached hydrogen (secondary N) is 2. The number of nitrogens with zero attached hydrogens (tertiary/aromatic N) is 4. The lowest BCUT2D eigenvalue weighted by atomic mass is 9.92. The third-order valence-electron chi connectivity index (χ3n) is 11.3. The van der Waals surface area contributed by atoms with Crippen molar-refractivity contribution in [3.05, 3.63) is 96.3 Å². The first kappa shape index (κ1) is 27.8. The lowest BCUT2D eigenvalue weighted by molar-refractivity contribution is -0.253. The van der Waals surface area contributed by atoms with Crippen molar-refractivity contribution >= 4 is 76.9 Å². The highest BCUT2D eigenvalue weighted by molar-refractivity contribution is 7.19. The molecule has 7 heterocycles. The predicted molar refractivity (Wildman–Crippen MR) is 194 cm³/mol. The molecule has 49 heavy (non-hydrogen) atoms. The number of anilines is 1. The highest BCUT2D eigenvalue weighted by Crippen LogP contribution is 2.54. The monoisotopic (exact) mass is 664 g/mol. The second-order valence-electron chi connectivity index (χ2n) is 13.7. The number of likely N-dealkylation sites (N-methyl/N-ethyl adjacent to an activating group) is 1. The molecule has 2 bridgehead atoms. The molecule has 4 atom stereocenters. The fourth-order valence-electron chi connectivity index (χ4n) is 9.36. The van der Waals surface area contributed by atoms with Crippen molar-refractivity contribution in [2.24, 2.45) is 0 Å². The molecule has 242 valence electrons. The van der Waals surface area contributed by atoms with Gasteiger partial charge < -0.3 is 33.8 Å². The number of hydrogen-bond acceptors (Lipinski definition) is 6. The van der Waals surface area contributed by atoms with Crippen LogP contribution < -0.4 is 10.2 Å². The molecule has 9 nitrogen and oxygen atoms in total. The van der Waals surface area contributed by atoms with Crippen molar-refractivity contribution < 1.29 is 14.3 Å². The number of hydrogen-bond donors (Lipinski definition) is 2. The van der Waals surface area contributed by atoms with Gasteiger partial charge in [0, 0.05) is 77.5 Å². The molecular weight excluding hydrogens is 633 g/mol. The van der Waals surface area contributed by atoms with Crippen LogP contribution in [0.25, 0.3) is 65.0 Å². The molecule has 0 spiro atoms. The number of para-hydroxylation sites is 3. The van der Waals surface area contributed by atoms with Crippen molar-refractivity contribution in [2.75, 3.05) is 19.1 Å². The van der Waals surface area contributed by atoms with Gasteiger partial charge in [0.05, 0.1) is 38.5 Å². The van der Waals surface area contributed by atoms with Crippen molar-refractivity contribution in [1.82, 2.24) is 24.4 Å². The number of H-pyrrole nitrogens is 1. The zero-order valence-electron chi connectivity index (χ0n) is 27.2. The van der Waals surface area contributed by atoms with E-state index in [1.165, 1.54) is 5.39 Å². The van der Waals surface area contributed by atoms with E-state index in [0.29, 0.717) is 13.0 Å². The minimum absolute atomic E-state index is 0.0156. The van der Waals surface area contributed by atoms with Crippen molar-refractivity contribution in [1.29, 1.82) is 0 Å². The van der Waals surface area contributed by atoms with Crippen molar-refractivity contribution in [3.63, 3.8) is 0 Å². The summed E-state index contributed by atoms with van der Waals surface area (Å²) < 4.78 is 18.7. The van der Waals surface area contributed by atoms with Crippen LogP contribution in [-0.2, 0) is 21.7 Å². The second kappa shape index (κ2) is 9.50. The molecule has 1 amide bonds. The Hall–Kier alpha value is -5.16. The van der Waals surface area contributed by atoms with Crippen LogP contribution in [0.3, 0.4) is 0 Å². The molecule has 4 aromatic heterocycles. The van der Waals surface area contributed by atoms with Gasteiger partial charge in [-0.25, -0.2) is 4.98 Å². The summed E-state index contributed by atoms with van der Waals surface area (Å²) in [7, 11) is 3.93. The van der Waals surface area contributed by atoms with Crippen molar-refractivity contribution in [3.8, 4) is 10.4 Å². The highest BCUT2D eigenvalue weighted by atomic mass is 32.1. The van der Waals surface area contributed by atoms with E-state index in [1.807, 2.05) is 6.20 Å². The maximum absolute atomic E-state index is 13.7. The number of amides is 1. The highest BCUT2D eigenvalue weighted by Gasteiger charge is 2.54. The quantitative estimate of drug-likeness (QED) is 0.200. The van der Waals surface area contributed by atoms with E-state index < -0.39 is 5.72 Å². The maximum atomic E-state index is 13.7. The second-order valence-corrected chi connectivity index (χ2v) is 14.7. The number of carbonyl (C=O) groups is 1. The molecule has 11 rings (SSSR count). The van der Waals surface area contributed by atoms with Gasteiger partial charge in [0.1, 0.15) is 12.3 Å². The minimum atomic E-state index is -0.897. The minimum Gasteiger partial charge on any atom is -0.374 e. The molecule has 3 aliphatic heterocycles. The van der Waals surface area contributed by atoms with E-state index in [2.05, 4.69) is 117 Å². The van der Waals surface area contributed by atoms with E-state index in [4.69, 9.17) is 14.5 Å². The normalized spacial score (nSPS) is 22.9. The molecule has 0 saturated carbocycles. The Balaban J connectivity index is 1.17. The summed E-state index contributed by atoms with van der Waals surface area (Å²) in [6.45, 7) is 2.67. The van der Waals surface area contributed by atoms with Gasteiger partial charge in [0.15, 0.2) is 10.9 Å². The molecular formula is C39H32N6O3S. The van der Waals surface area contributed by atoms with E-state index in [0.717, 1.165) is 75.8 Å². The van der Waals surface area contributed by atoms with Gasteiger partial charge in [-0.15, -0.1) is 0 Å². The molecule has 8 aromatic rings. The summed E-state index contributed by atoms with van der Waals surface area (Å²) in [6.07, 6.45) is 4.03. The lowest BCUT2D eigenvalue weighted by Gasteiger charge is -2.50. The average Bonchev–Trinajstić information content (AvgIpc) is 3.94. The number of carbonyl (C=O) groups excluding carboxylic acids is 1. The lowest BCUT2D eigenvalue weighted by Crippen LogP contribution is -2.60. The van der Waals surface area contributed by atoms with Gasteiger partial charge in [-0.1, -0.05) is 65.9 Å². The van der Waals surface area contributed by atoms with Gasteiger partial charge in [-0.2, -0.15) is 0 Å². The van der Waals surface area contributed by atoms with E-state index >= 15 is 0 Å². The van der Waals surface area contributed by atoms with Crippen LogP contribution >= 0.6 is 11.3 Å². The van der Waals surface area contributed by atoms with Crippen LogP contribution in [0.15, 0.2) is 85.2 Å². The summed E-state index contributed by atoms with van der Waals surface area (Å²) in [6, 6.07) is 25.2. The summed E-state index contributed by atoms with van der Waals surface area (Å²) in [5, 5.41) is 9.57. The fourth-order valence-corrected chi connectivity index (χ4v) is 10.3. The molecule has 4 unspecified atom stereocenters. The van der Waals surface area contributed by atoms with Crippen LogP contribution in [-0.4, -0.2) is 51.3 Å². The maximum Gasteiger partial charge on any atom is 0.252 e. The number of thiazole rings is 1. The average molecular weight is 665 g/mol. The zero-order chi connectivity index (χ0) is 32.8. The standard InChI is InChI=1S/C39H32N6O3S/c1-39-36(47-3)28(43(2)38-42-19-29(49-38)23-17-40-25-13-7-4-10-20(23)25)16-30(48-39)44-26-14-8-5-11-21(26)32-33-24(18-41-37(33)46)31-22-12-6-9-15-27(22)45(39)35(31)34(32)44/h4-15,17,19,28,30,36,40H,16,18H2,1-3H3,(H,41,46). The Morgan fingerprint density at radius 3 is 2.53 bits per heavy atom. The van der Waals surface area contributed by atoms with E-state index in [1.54, 1.807) is 18.4 Å². The first-order valence-electron chi connectivity index (χ1n) is 16.7. The summed E-state index contributed by atoms with van der Waals surface area (Å²) in [4.78, 5) is 25.5. The molecule has 10 heteroatoms. The molecule has 2 N–H and O–H groups in total. The van der Waals surface area contributed by atoms with Gasteiger partial charge in [-0.3, -0.25) is 4.79 Å². The predicted octanol–water partition coefficient (Wildman–Crippen LogP) is 7.88. The number of rotatable bonds is 4. The third kappa shape index (κ3) is 3.36. The molecule has 3 aliphatic rings. The van der Waals surface area contributed by atoms with E-state index in [-0.39, 0.29) is 24.3 Å². The largest absolute Gasteiger partial charge is 0.374 e. The Morgan fingerprint density at radius 2 is 1.71 bits per heavy atom. The molecule has 1 saturated heterocycles. The van der Waals surface area contributed by atoms with Crippen LogP contribution in [0, 0.1) is 0 Å². The summed E-state index contributed by atoms with van der Waals surface area (Å²) >= 11 is 1.69. The van der Waals surface area contributed by atoms with Crippen LogP contribution in [0.5, 0.6) is 0 Å². The van der Waals surface area contributed by atoms with Crippen molar-refractivity contribution in [2.45, 2.75) is 44.0 Å². The first-order valence-corrected chi connectivity index (χ1v) is 17.5. The zero-order valence-corrected chi connectivity index (χ0v) is 28.0. The number of fused-ring (bicyclic) bond motifs is 14. The van der Waals surface area contributed by atoms with Crippen LogP contribution in [0.4, 0.5) is 5.13 Å². The number of aromatic nitrogens is 4. The molecule has 0 aliphatic carbocycles. The van der Waals surface area contributed by atoms with Crippen LogP contribution in [0.1, 0.15) is 35.5 Å². The Labute approximate surface area is 284 Å². The SMILES string of the molecule is COC1C(N(C)c2ncc(-c3c[nH]c4ccccc34)s2)CC2OC1(C)n1c3ccccc3c3c4c(c5c6ccccc6n2c5c31)C(=O)NC4. The van der Waals surface area contributed by atoms with Crippen LogP contribution in [0.2, 0.25) is 0 Å². The molecule has 1 fully saturated rings. The molecule has 0 radical (unpaired) electrons. The third-order valence-corrected chi connectivity index (χ3v) is 12.5. The van der Waals surface area contributed by atoms with E-state index in [9.17, 15) is 4.79 Å². The summed E-state index contributed by atoms with van der Waals surface area (Å²) in [5.74, 6) is -0.0156. The Kier molecular flexibility index (Phi) is 5.38. The first-order chi connectivity index (χ1) is 24.0. The fraction of sp³-hybridized carbons (Fsp3) is 0.231. The number of aromatic amines is 1. The smallest absolute Gasteiger partial charge is 0.252 e. The van der Waals surface area contributed by atoms with Gasteiger partial charge in [-0.05, 0) is 30.7 Å². The number of methoxy groups -OCH3 is 1. The van der Waals surface area contributed by atoms with Gasteiger partial charge in [0.25, 0.3) is 5.91 Å². The van der Waals surface area contributed by atoms with Gasteiger partial charge in [0.2, 0.25) is 0 Å².